The van der Waals surface area contributed by atoms with Crippen LogP contribution >= 0.6 is 11.8 Å². The van der Waals surface area contributed by atoms with Gasteiger partial charge in [-0.2, -0.15) is 0 Å². The molecular weight excluding hydrogens is 256 g/mol. The molecule has 0 unspecified atom stereocenters. The Balaban J connectivity index is 1.68. The predicted octanol–water partition coefficient (Wildman–Crippen LogP) is 3.05. The van der Waals surface area contributed by atoms with Gasteiger partial charge in [-0.15, -0.1) is 11.8 Å². The van der Waals surface area contributed by atoms with E-state index in [0.29, 0.717) is 5.82 Å². The molecule has 0 saturated heterocycles. The van der Waals surface area contributed by atoms with Crippen LogP contribution in [-0.4, -0.2) is 16.1 Å². The summed E-state index contributed by atoms with van der Waals surface area (Å²) in [5.74, 6) is 0.643. The number of aromatic nitrogens is 1. The number of carbonyl (C=O) groups is 1. The molecule has 1 amide bonds. The van der Waals surface area contributed by atoms with Gasteiger partial charge in [-0.3, -0.25) is 4.79 Å². The van der Waals surface area contributed by atoms with Crippen LogP contribution in [0, 0.1) is 6.92 Å². The smallest absolute Gasteiger partial charge is 0.239 e. The lowest BCUT2D eigenvalue weighted by atomic mass is 10.1. The predicted molar refractivity (Wildman–Crippen MR) is 77.4 cm³/mol. The third-order valence-corrected chi connectivity index (χ3v) is 4.42. The number of rotatable bonds is 2. The Kier molecular flexibility index (Phi) is 3.25. The Morgan fingerprint density at radius 2 is 2.16 bits per heavy atom. The van der Waals surface area contributed by atoms with Gasteiger partial charge in [-0.05, 0) is 36.6 Å². The summed E-state index contributed by atoms with van der Waals surface area (Å²) in [6.45, 7) is 1.97. The molecule has 2 heterocycles. The molecule has 1 aromatic heterocycles. The molecule has 0 saturated carbocycles. The molecule has 1 aliphatic rings. The van der Waals surface area contributed by atoms with Gasteiger partial charge in [0.25, 0.3) is 0 Å². The summed E-state index contributed by atoms with van der Waals surface area (Å²) in [6, 6.07) is 11.9. The molecule has 19 heavy (non-hydrogen) atoms. The van der Waals surface area contributed by atoms with Crippen LogP contribution in [0.1, 0.15) is 11.1 Å². The van der Waals surface area contributed by atoms with E-state index in [2.05, 4.69) is 22.4 Å². The average Bonchev–Trinajstić information content (AvgIpc) is 2.85. The summed E-state index contributed by atoms with van der Waals surface area (Å²) in [5.41, 5.74) is 2.34. The molecule has 3 nitrogen and oxygen atoms in total. The molecule has 1 N–H and O–H groups in total. The van der Waals surface area contributed by atoms with Crippen molar-refractivity contribution in [2.24, 2.45) is 0 Å². The quantitative estimate of drug-likeness (QED) is 0.912. The normalized spacial score (nSPS) is 17.0. The second-order valence-electron chi connectivity index (χ2n) is 4.63. The molecule has 0 spiro atoms. The summed E-state index contributed by atoms with van der Waals surface area (Å²) < 4.78 is 0. The number of anilines is 1. The van der Waals surface area contributed by atoms with Crippen LogP contribution in [0.4, 0.5) is 5.82 Å². The highest BCUT2D eigenvalue weighted by molar-refractivity contribution is 8.01. The molecule has 2 aromatic rings. The Labute approximate surface area is 116 Å². The largest absolute Gasteiger partial charge is 0.310 e. The van der Waals surface area contributed by atoms with Crippen LogP contribution in [-0.2, 0) is 11.2 Å². The van der Waals surface area contributed by atoms with Crippen molar-refractivity contribution in [3.05, 3.63) is 53.7 Å². The minimum Gasteiger partial charge on any atom is -0.310 e. The summed E-state index contributed by atoms with van der Waals surface area (Å²) in [5, 5.41) is 2.82. The van der Waals surface area contributed by atoms with E-state index >= 15 is 0 Å². The lowest BCUT2D eigenvalue weighted by molar-refractivity contribution is -0.115. The lowest BCUT2D eigenvalue weighted by Crippen LogP contribution is -2.25. The zero-order valence-electron chi connectivity index (χ0n) is 10.6. The van der Waals surface area contributed by atoms with Crippen LogP contribution in [0.15, 0.2) is 47.5 Å². The molecule has 0 radical (unpaired) electrons. The van der Waals surface area contributed by atoms with E-state index in [4.69, 9.17) is 0 Å². The number of nitrogens with one attached hydrogen (secondary N) is 1. The highest BCUT2D eigenvalue weighted by atomic mass is 32.2. The first-order valence-corrected chi connectivity index (χ1v) is 7.08. The minimum absolute atomic E-state index is 0.0255. The third kappa shape index (κ3) is 2.63. The van der Waals surface area contributed by atoms with E-state index in [-0.39, 0.29) is 11.2 Å². The van der Waals surface area contributed by atoms with Gasteiger partial charge in [-0.25, -0.2) is 4.98 Å². The monoisotopic (exact) mass is 270 g/mol. The first kappa shape index (κ1) is 12.2. The molecule has 0 fully saturated rings. The molecule has 1 aromatic carbocycles. The number of carbonyl (C=O) groups excluding carboxylic acids is 1. The topological polar surface area (TPSA) is 42.0 Å². The zero-order chi connectivity index (χ0) is 13.2. The lowest BCUT2D eigenvalue weighted by Gasteiger charge is -2.09. The molecule has 0 bridgehead atoms. The van der Waals surface area contributed by atoms with Crippen molar-refractivity contribution in [1.82, 2.24) is 4.98 Å². The number of hydrogen-bond donors (Lipinski definition) is 1. The van der Waals surface area contributed by atoms with Gasteiger partial charge in [0.1, 0.15) is 5.82 Å². The maximum atomic E-state index is 12.2. The number of hydrogen-bond acceptors (Lipinski definition) is 3. The van der Waals surface area contributed by atoms with Gasteiger partial charge < -0.3 is 5.32 Å². The fourth-order valence-electron chi connectivity index (χ4n) is 2.08. The van der Waals surface area contributed by atoms with Crippen LogP contribution in [0.5, 0.6) is 0 Å². The maximum Gasteiger partial charge on any atom is 0.239 e. The number of benzene rings is 1. The second-order valence-corrected chi connectivity index (χ2v) is 5.87. The zero-order valence-corrected chi connectivity index (χ0v) is 11.4. The van der Waals surface area contributed by atoms with Crippen molar-refractivity contribution in [1.29, 1.82) is 0 Å². The van der Waals surface area contributed by atoms with Crippen molar-refractivity contribution in [2.45, 2.75) is 23.5 Å². The number of pyridine rings is 1. The Hall–Kier alpha value is -1.81. The van der Waals surface area contributed by atoms with E-state index in [1.807, 2.05) is 31.2 Å². The number of aryl methyl sites for hydroxylation is 1. The van der Waals surface area contributed by atoms with Gasteiger partial charge in [0.15, 0.2) is 0 Å². The van der Waals surface area contributed by atoms with Gasteiger partial charge >= 0.3 is 0 Å². The Morgan fingerprint density at radius 1 is 1.32 bits per heavy atom. The van der Waals surface area contributed by atoms with E-state index in [0.717, 1.165) is 12.0 Å². The van der Waals surface area contributed by atoms with Crippen LogP contribution in [0.2, 0.25) is 0 Å². The summed E-state index contributed by atoms with van der Waals surface area (Å²) >= 11 is 1.63. The standard InChI is InChI=1S/C15H14N2OS/c1-10-6-7-14(16-9-10)17-15(18)13-8-11-4-2-3-5-12(11)19-13/h2-7,9,13H,8H2,1H3,(H,16,17,18)/t13-/m0/s1. The van der Waals surface area contributed by atoms with E-state index < -0.39 is 0 Å². The first-order valence-electron chi connectivity index (χ1n) is 6.20. The first-order chi connectivity index (χ1) is 9.22. The van der Waals surface area contributed by atoms with Crippen molar-refractivity contribution in [3.63, 3.8) is 0 Å². The molecule has 0 aliphatic carbocycles. The number of fused-ring (bicyclic) bond motifs is 1. The highest BCUT2D eigenvalue weighted by Gasteiger charge is 2.28. The Morgan fingerprint density at radius 3 is 2.89 bits per heavy atom. The fourth-order valence-corrected chi connectivity index (χ4v) is 3.27. The summed E-state index contributed by atoms with van der Waals surface area (Å²) in [6.07, 6.45) is 2.55. The molecular formula is C15H14N2OS. The van der Waals surface area contributed by atoms with E-state index in [1.54, 1.807) is 18.0 Å². The Bertz CT molecular complexity index is 585. The fraction of sp³-hybridized carbons (Fsp3) is 0.200. The van der Waals surface area contributed by atoms with E-state index in [1.165, 1.54) is 10.5 Å². The average molecular weight is 270 g/mol. The van der Waals surface area contributed by atoms with Crippen molar-refractivity contribution < 1.29 is 4.79 Å². The van der Waals surface area contributed by atoms with Gasteiger partial charge in [0.05, 0.1) is 5.25 Å². The van der Waals surface area contributed by atoms with Crippen molar-refractivity contribution in [3.8, 4) is 0 Å². The molecule has 3 rings (SSSR count). The number of thioether (sulfide) groups is 1. The molecule has 96 valence electrons. The minimum atomic E-state index is -0.0551. The summed E-state index contributed by atoms with van der Waals surface area (Å²) in [4.78, 5) is 17.6. The van der Waals surface area contributed by atoms with Gasteiger partial charge in [-0.1, -0.05) is 24.3 Å². The van der Waals surface area contributed by atoms with E-state index in [9.17, 15) is 4.79 Å². The second kappa shape index (κ2) is 5.05. The van der Waals surface area contributed by atoms with Crippen LogP contribution < -0.4 is 5.32 Å². The number of amides is 1. The van der Waals surface area contributed by atoms with Crippen molar-refractivity contribution in [2.75, 3.05) is 5.32 Å². The third-order valence-electron chi connectivity index (χ3n) is 3.10. The SMILES string of the molecule is Cc1ccc(NC(=O)[C@@H]2Cc3ccccc3S2)nc1. The molecule has 1 aliphatic heterocycles. The number of nitrogens with zero attached hydrogens (tertiary/aromatic N) is 1. The van der Waals surface area contributed by atoms with Gasteiger partial charge in [0, 0.05) is 11.1 Å². The van der Waals surface area contributed by atoms with Crippen LogP contribution in [0.25, 0.3) is 0 Å². The molecule has 1 atom stereocenters. The molecule has 4 heteroatoms. The van der Waals surface area contributed by atoms with Gasteiger partial charge in [0.2, 0.25) is 5.91 Å². The maximum absolute atomic E-state index is 12.2. The van der Waals surface area contributed by atoms with Crippen molar-refractivity contribution >= 4 is 23.5 Å². The highest BCUT2D eigenvalue weighted by Crippen LogP contribution is 2.37. The van der Waals surface area contributed by atoms with Crippen LogP contribution in [0.3, 0.4) is 0 Å². The summed E-state index contributed by atoms with van der Waals surface area (Å²) in [7, 11) is 0.